The van der Waals surface area contributed by atoms with Crippen LogP contribution in [-0.2, 0) is 4.74 Å². The van der Waals surface area contributed by atoms with E-state index < -0.39 is 0 Å². The van der Waals surface area contributed by atoms with Gasteiger partial charge in [-0.15, -0.1) is 0 Å². The Balaban J connectivity index is 2.11. The highest BCUT2D eigenvalue weighted by Gasteiger charge is 2.10. The summed E-state index contributed by atoms with van der Waals surface area (Å²) in [5.41, 5.74) is 2.81. The largest absolute Gasteiger partial charge is 0.449 e. The van der Waals surface area contributed by atoms with E-state index in [1.807, 2.05) is 41.9 Å². The van der Waals surface area contributed by atoms with Crippen LogP contribution < -0.4 is 5.32 Å². The average molecular weight is 246 g/mol. The maximum Gasteiger partial charge on any atom is 0.411 e. The summed E-state index contributed by atoms with van der Waals surface area (Å²) in [6, 6.07) is 5.87. The molecule has 0 atom stereocenters. The molecule has 0 aliphatic carbocycles. The first kappa shape index (κ1) is 12.5. The second kappa shape index (κ2) is 5.58. The molecule has 96 valence electrons. The first-order valence-electron chi connectivity index (χ1n) is 6.22. The van der Waals surface area contributed by atoms with Crippen molar-refractivity contribution >= 4 is 17.3 Å². The van der Waals surface area contributed by atoms with Gasteiger partial charge in [0.2, 0.25) is 0 Å². The number of nitrogens with zero attached hydrogens (tertiary/aromatic N) is 1. The predicted octanol–water partition coefficient (Wildman–Crippen LogP) is 3.60. The average Bonchev–Trinajstić information content (AvgIpc) is 2.67. The van der Waals surface area contributed by atoms with Gasteiger partial charge in [0.15, 0.2) is 0 Å². The first-order chi connectivity index (χ1) is 8.72. The molecule has 18 heavy (non-hydrogen) atoms. The van der Waals surface area contributed by atoms with Crippen molar-refractivity contribution in [1.82, 2.24) is 4.40 Å². The summed E-state index contributed by atoms with van der Waals surface area (Å²) >= 11 is 0. The molecule has 1 N–H and O–H groups in total. The summed E-state index contributed by atoms with van der Waals surface area (Å²) in [5.74, 6) is 0. The second-order valence-electron chi connectivity index (χ2n) is 4.29. The van der Waals surface area contributed by atoms with E-state index in [0.717, 1.165) is 29.6 Å². The van der Waals surface area contributed by atoms with Gasteiger partial charge in [-0.25, -0.2) is 4.79 Å². The van der Waals surface area contributed by atoms with Crippen molar-refractivity contribution in [3.8, 4) is 0 Å². The molecule has 2 rings (SSSR count). The van der Waals surface area contributed by atoms with Crippen molar-refractivity contribution in [2.24, 2.45) is 0 Å². The van der Waals surface area contributed by atoms with Gasteiger partial charge in [0.1, 0.15) is 0 Å². The number of ether oxygens (including phenoxy) is 1. The molecule has 0 bridgehead atoms. The van der Waals surface area contributed by atoms with Gasteiger partial charge in [0, 0.05) is 12.4 Å². The van der Waals surface area contributed by atoms with E-state index in [4.69, 9.17) is 4.74 Å². The highest BCUT2D eigenvalue weighted by atomic mass is 16.5. The number of fused-ring (bicyclic) bond motifs is 1. The van der Waals surface area contributed by atoms with Crippen LogP contribution in [0.15, 0.2) is 30.6 Å². The molecule has 0 aliphatic heterocycles. The number of nitrogens with one attached hydrogen (secondary N) is 1. The Morgan fingerprint density at radius 1 is 1.44 bits per heavy atom. The molecule has 4 nitrogen and oxygen atoms in total. The van der Waals surface area contributed by atoms with Gasteiger partial charge in [-0.3, -0.25) is 5.32 Å². The summed E-state index contributed by atoms with van der Waals surface area (Å²) in [6.45, 7) is 4.49. The van der Waals surface area contributed by atoms with Crippen LogP contribution in [0.2, 0.25) is 0 Å². The first-order valence-corrected chi connectivity index (χ1v) is 6.22. The highest BCUT2D eigenvalue weighted by molar-refractivity contribution is 5.92. The Bertz CT molecular complexity index is 546. The van der Waals surface area contributed by atoms with Gasteiger partial charge in [0.25, 0.3) is 0 Å². The fourth-order valence-corrected chi connectivity index (χ4v) is 1.87. The van der Waals surface area contributed by atoms with Crippen LogP contribution in [-0.4, -0.2) is 17.1 Å². The fraction of sp³-hybridized carbons (Fsp3) is 0.357. The summed E-state index contributed by atoms with van der Waals surface area (Å²) in [4.78, 5) is 11.6. The number of carbonyl (C=O) groups is 1. The van der Waals surface area contributed by atoms with E-state index in [9.17, 15) is 4.79 Å². The lowest BCUT2D eigenvalue weighted by atomic mass is 10.3. The lowest BCUT2D eigenvalue weighted by Crippen LogP contribution is -2.14. The topological polar surface area (TPSA) is 42.7 Å². The minimum absolute atomic E-state index is 0.386. The van der Waals surface area contributed by atoms with Gasteiger partial charge in [-0.2, -0.15) is 0 Å². The number of rotatable bonds is 4. The molecular weight excluding hydrogens is 228 g/mol. The van der Waals surface area contributed by atoms with Crippen LogP contribution in [0, 0.1) is 6.92 Å². The molecule has 0 saturated heterocycles. The van der Waals surface area contributed by atoms with Crippen molar-refractivity contribution in [3.05, 3.63) is 36.2 Å². The number of hydrogen-bond acceptors (Lipinski definition) is 2. The lowest BCUT2D eigenvalue weighted by molar-refractivity contribution is 0.160. The van der Waals surface area contributed by atoms with E-state index in [0.29, 0.717) is 6.61 Å². The Hall–Kier alpha value is -1.97. The minimum Gasteiger partial charge on any atom is -0.449 e. The summed E-state index contributed by atoms with van der Waals surface area (Å²) in [5, 5.41) is 2.81. The van der Waals surface area contributed by atoms with Crippen LogP contribution >= 0.6 is 0 Å². The van der Waals surface area contributed by atoms with Crippen molar-refractivity contribution in [2.45, 2.75) is 26.7 Å². The van der Waals surface area contributed by atoms with Crippen molar-refractivity contribution in [2.75, 3.05) is 11.9 Å². The summed E-state index contributed by atoms with van der Waals surface area (Å²) in [6.07, 6.45) is 5.46. The van der Waals surface area contributed by atoms with E-state index >= 15 is 0 Å². The van der Waals surface area contributed by atoms with Crippen LogP contribution in [0.4, 0.5) is 10.5 Å². The van der Waals surface area contributed by atoms with E-state index in [1.54, 1.807) is 0 Å². The zero-order valence-electron chi connectivity index (χ0n) is 10.8. The molecular formula is C14H18N2O2. The summed E-state index contributed by atoms with van der Waals surface area (Å²) in [7, 11) is 0. The second-order valence-corrected chi connectivity index (χ2v) is 4.29. The molecule has 0 radical (unpaired) electrons. The van der Waals surface area contributed by atoms with Crippen LogP contribution in [0.1, 0.15) is 25.3 Å². The van der Waals surface area contributed by atoms with Gasteiger partial charge in [-0.05, 0) is 31.0 Å². The quantitative estimate of drug-likeness (QED) is 0.837. The van der Waals surface area contributed by atoms with E-state index in [-0.39, 0.29) is 6.09 Å². The number of aryl methyl sites for hydroxylation is 1. The third-order valence-corrected chi connectivity index (χ3v) is 2.83. The number of anilines is 1. The molecule has 2 aromatic heterocycles. The molecule has 0 unspecified atom stereocenters. The number of unbranched alkanes of at least 4 members (excludes halogenated alkanes) is 1. The number of pyridine rings is 1. The molecule has 0 aromatic carbocycles. The van der Waals surface area contributed by atoms with Gasteiger partial charge >= 0.3 is 6.09 Å². The van der Waals surface area contributed by atoms with Crippen LogP contribution in [0.25, 0.3) is 5.52 Å². The van der Waals surface area contributed by atoms with Gasteiger partial charge < -0.3 is 9.14 Å². The SMILES string of the molecule is CCCCOC(=O)Nc1c(C)cn2ccccc12. The Morgan fingerprint density at radius 2 is 2.28 bits per heavy atom. The Morgan fingerprint density at radius 3 is 3.06 bits per heavy atom. The zero-order valence-corrected chi connectivity index (χ0v) is 10.8. The molecule has 0 saturated carbocycles. The monoisotopic (exact) mass is 246 g/mol. The summed E-state index contributed by atoms with van der Waals surface area (Å²) < 4.78 is 7.08. The molecule has 4 heteroatoms. The minimum atomic E-state index is -0.386. The number of carbonyl (C=O) groups excluding carboxylic acids is 1. The number of aromatic nitrogens is 1. The smallest absolute Gasteiger partial charge is 0.411 e. The Labute approximate surface area is 107 Å². The van der Waals surface area contributed by atoms with Gasteiger partial charge in [0.05, 0.1) is 17.8 Å². The molecule has 0 aliphatic rings. The normalized spacial score (nSPS) is 10.6. The fourth-order valence-electron chi connectivity index (χ4n) is 1.87. The standard InChI is InChI=1S/C14H18N2O2/c1-3-4-9-18-14(17)15-13-11(2)10-16-8-6-5-7-12(13)16/h5-8,10H,3-4,9H2,1-2H3,(H,15,17). The molecule has 2 aromatic rings. The van der Waals surface area contributed by atoms with Crippen molar-refractivity contribution < 1.29 is 9.53 Å². The van der Waals surface area contributed by atoms with Crippen molar-refractivity contribution in [3.63, 3.8) is 0 Å². The maximum absolute atomic E-state index is 11.6. The van der Waals surface area contributed by atoms with Gasteiger partial charge in [-0.1, -0.05) is 19.4 Å². The van der Waals surface area contributed by atoms with E-state index in [2.05, 4.69) is 12.2 Å². The predicted molar refractivity (Wildman–Crippen MR) is 72.0 cm³/mol. The van der Waals surface area contributed by atoms with Crippen molar-refractivity contribution in [1.29, 1.82) is 0 Å². The van der Waals surface area contributed by atoms with E-state index in [1.165, 1.54) is 0 Å². The number of amides is 1. The molecule has 1 amide bonds. The molecule has 0 spiro atoms. The Kier molecular flexibility index (Phi) is 3.87. The lowest BCUT2D eigenvalue weighted by Gasteiger charge is -2.06. The maximum atomic E-state index is 11.6. The number of hydrogen-bond donors (Lipinski definition) is 1. The van der Waals surface area contributed by atoms with Crippen LogP contribution in [0.5, 0.6) is 0 Å². The molecule has 2 heterocycles. The third kappa shape index (κ3) is 2.64. The highest BCUT2D eigenvalue weighted by Crippen LogP contribution is 2.23. The van der Waals surface area contributed by atoms with Crippen LogP contribution in [0.3, 0.4) is 0 Å². The molecule has 0 fully saturated rings. The third-order valence-electron chi connectivity index (χ3n) is 2.83. The zero-order chi connectivity index (χ0) is 13.0.